The normalized spacial score (nSPS) is 28.8. The van der Waals surface area contributed by atoms with Crippen LogP contribution in [0.3, 0.4) is 0 Å². The van der Waals surface area contributed by atoms with Crippen LogP contribution < -0.4 is 10.5 Å². The standard InChI is InChI=1S/C23H29N3O3/c1-4-25-23-15(13(2)3)10-11-26(23)17-12-19(22(28)21(17)27)29-18-7-5-6-14-8-9-16(24)20(14)18/h4-7,10-11,16-17,19,21-22,27-28H,2,8-9,12,24H2,1,3H3/p+1. The molecule has 1 heterocycles. The summed E-state index contributed by atoms with van der Waals surface area (Å²) in [4.78, 5) is 4.49. The molecule has 0 amide bonds. The number of aliphatic imine (C=N–C) groups is 1. The van der Waals surface area contributed by atoms with E-state index in [9.17, 15) is 10.2 Å². The van der Waals surface area contributed by atoms with Crippen molar-refractivity contribution in [3.05, 3.63) is 53.7 Å². The molecule has 6 nitrogen and oxygen atoms in total. The summed E-state index contributed by atoms with van der Waals surface area (Å²) in [5, 5.41) is 21.5. The third kappa shape index (κ3) is 3.41. The summed E-state index contributed by atoms with van der Waals surface area (Å²) in [5.74, 6) is 1.52. The molecule has 0 spiro atoms. The molecule has 2 aliphatic rings. The van der Waals surface area contributed by atoms with Gasteiger partial charge in [0, 0.05) is 30.8 Å². The van der Waals surface area contributed by atoms with E-state index in [0.717, 1.165) is 41.1 Å². The fourth-order valence-corrected chi connectivity index (χ4v) is 4.67. The molecular formula is C23H30N3O3+. The van der Waals surface area contributed by atoms with Crippen molar-refractivity contribution in [1.29, 1.82) is 0 Å². The molecule has 5 atom stereocenters. The Hall–Kier alpha value is -2.41. The first-order chi connectivity index (χ1) is 13.9. The molecule has 1 saturated carbocycles. The quantitative estimate of drug-likeness (QED) is 0.678. The first-order valence-corrected chi connectivity index (χ1v) is 10.3. The maximum Gasteiger partial charge on any atom is 0.140 e. The predicted octanol–water partition coefficient (Wildman–Crippen LogP) is 2.59. The number of aromatic nitrogens is 1. The van der Waals surface area contributed by atoms with Crippen LogP contribution in [0, 0.1) is 0 Å². The van der Waals surface area contributed by atoms with Gasteiger partial charge in [0.2, 0.25) is 0 Å². The van der Waals surface area contributed by atoms with Gasteiger partial charge in [0.25, 0.3) is 0 Å². The average Bonchev–Trinajstić information content (AvgIpc) is 3.35. The van der Waals surface area contributed by atoms with E-state index in [0.29, 0.717) is 6.42 Å². The number of hydrogen-bond acceptors (Lipinski definition) is 4. The Morgan fingerprint density at radius 3 is 2.83 bits per heavy atom. The maximum absolute atomic E-state index is 10.8. The summed E-state index contributed by atoms with van der Waals surface area (Å²) in [6.45, 7) is 7.82. The molecule has 1 aromatic carbocycles. The van der Waals surface area contributed by atoms with E-state index in [1.54, 1.807) is 6.21 Å². The van der Waals surface area contributed by atoms with Crippen LogP contribution in [0.2, 0.25) is 0 Å². The molecule has 0 bridgehead atoms. The molecule has 0 radical (unpaired) electrons. The number of allylic oxidation sites excluding steroid dienone is 1. The van der Waals surface area contributed by atoms with Crippen LogP contribution >= 0.6 is 0 Å². The number of quaternary nitrogens is 1. The number of aryl methyl sites for hydroxylation is 1. The van der Waals surface area contributed by atoms with Crippen molar-refractivity contribution in [2.45, 2.75) is 63.5 Å². The highest BCUT2D eigenvalue weighted by Gasteiger charge is 2.45. The molecule has 6 heteroatoms. The van der Waals surface area contributed by atoms with Crippen LogP contribution in [0.4, 0.5) is 5.82 Å². The van der Waals surface area contributed by atoms with E-state index in [2.05, 4.69) is 23.4 Å². The van der Waals surface area contributed by atoms with E-state index in [1.807, 2.05) is 42.8 Å². The molecule has 5 unspecified atom stereocenters. The van der Waals surface area contributed by atoms with Gasteiger partial charge in [-0.25, -0.2) is 4.99 Å². The van der Waals surface area contributed by atoms with Crippen molar-refractivity contribution in [3.8, 4) is 5.75 Å². The van der Waals surface area contributed by atoms with Crippen LogP contribution in [-0.2, 0) is 6.42 Å². The summed E-state index contributed by atoms with van der Waals surface area (Å²) in [7, 11) is 0. The highest BCUT2D eigenvalue weighted by molar-refractivity contribution is 5.73. The minimum absolute atomic E-state index is 0.202. The number of rotatable bonds is 5. The van der Waals surface area contributed by atoms with Crippen molar-refractivity contribution in [3.63, 3.8) is 0 Å². The van der Waals surface area contributed by atoms with Crippen molar-refractivity contribution in [1.82, 2.24) is 4.57 Å². The fraction of sp³-hybridized carbons (Fsp3) is 0.435. The maximum atomic E-state index is 10.8. The molecule has 4 rings (SSSR count). The van der Waals surface area contributed by atoms with E-state index in [-0.39, 0.29) is 12.1 Å². The molecule has 5 N–H and O–H groups in total. The number of fused-ring (bicyclic) bond motifs is 1. The Labute approximate surface area is 171 Å². The van der Waals surface area contributed by atoms with Gasteiger partial charge in [-0.15, -0.1) is 0 Å². The van der Waals surface area contributed by atoms with Crippen LogP contribution in [0.1, 0.15) is 55.5 Å². The number of benzene rings is 1. The molecule has 0 saturated heterocycles. The summed E-state index contributed by atoms with van der Waals surface area (Å²) in [6, 6.07) is 7.87. The lowest BCUT2D eigenvalue weighted by atomic mass is 10.1. The molecule has 0 aliphatic heterocycles. The summed E-state index contributed by atoms with van der Waals surface area (Å²) in [6.07, 6.45) is 3.73. The first kappa shape index (κ1) is 19.9. The minimum Gasteiger partial charge on any atom is -0.487 e. The summed E-state index contributed by atoms with van der Waals surface area (Å²) in [5.41, 5.74) is 8.50. The SMILES string of the molecule is C=C(C)c1ccn(C2CC(Oc3cccc4c3C([NH3+])CC4)C(O)C2O)c1N=CC. The van der Waals surface area contributed by atoms with Gasteiger partial charge in [0.05, 0.1) is 11.6 Å². The lowest BCUT2D eigenvalue weighted by Gasteiger charge is -2.20. The van der Waals surface area contributed by atoms with Crippen molar-refractivity contribution < 1.29 is 20.7 Å². The molecule has 154 valence electrons. The molecule has 2 aromatic rings. The summed E-state index contributed by atoms with van der Waals surface area (Å²) >= 11 is 0. The largest absolute Gasteiger partial charge is 0.487 e. The van der Waals surface area contributed by atoms with E-state index in [4.69, 9.17) is 4.74 Å². The molecule has 2 aliphatic carbocycles. The second kappa shape index (κ2) is 7.78. The predicted molar refractivity (Wildman–Crippen MR) is 113 cm³/mol. The van der Waals surface area contributed by atoms with E-state index in [1.165, 1.54) is 5.56 Å². The van der Waals surface area contributed by atoms with Crippen molar-refractivity contribution in [2.75, 3.05) is 0 Å². The third-order valence-electron chi connectivity index (χ3n) is 6.16. The van der Waals surface area contributed by atoms with Gasteiger partial charge in [-0.2, -0.15) is 0 Å². The lowest BCUT2D eigenvalue weighted by Crippen LogP contribution is -2.52. The van der Waals surface area contributed by atoms with Gasteiger partial charge in [-0.3, -0.25) is 0 Å². The topological polar surface area (TPSA) is 94.6 Å². The number of aliphatic hydroxyl groups excluding tert-OH is 2. The third-order valence-corrected chi connectivity index (χ3v) is 6.16. The van der Waals surface area contributed by atoms with Crippen LogP contribution in [0.5, 0.6) is 5.75 Å². The second-order valence-electron chi connectivity index (χ2n) is 8.13. The van der Waals surface area contributed by atoms with Crippen LogP contribution in [-0.4, -0.2) is 39.3 Å². The van der Waals surface area contributed by atoms with Crippen LogP contribution in [0.15, 0.2) is 42.0 Å². The lowest BCUT2D eigenvalue weighted by molar-refractivity contribution is -0.425. The Morgan fingerprint density at radius 1 is 1.31 bits per heavy atom. The van der Waals surface area contributed by atoms with Gasteiger partial charge in [-0.05, 0) is 43.5 Å². The van der Waals surface area contributed by atoms with Gasteiger partial charge in [0.15, 0.2) is 0 Å². The molecule has 29 heavy (non-hydrogen) atoms. The van der Waals surface area contributed by atoms with Crippen molar-refractivity contribution in [2.24, 2.45) is 4.99 Å². The number of nitrogens with zero attached hydrogens (tertiary/aromatic N) is 2. The number of hydrogen-bond donors (Lipinski definition) is 3. The summed E-state index contributed by atoms with van der Waals surface area (Å²) < 4.78 is 8.19. The van der Waals surface area contributed by atoms with Gasteiger partial charge < -0.3 is 25.3 Å². The Kier molecular flexibility index (Phi) is 5.34. The molecule has 1 fully saturated rings. The first-order valence-electron chi connectivity index (χ1n) is 10.3. The Bertz CT molecular complexity index is 949. The van der Waals surface area contributed by atoms with Gasteiger partial charge in [0.1, 0.15) is 35.9 Å². The minimum atomic E-state index is -0.977. The average molecular weight is 397 g/mol. The monoisotopic (exact) mass is 396 g/mol. The Morgan fingerprint density at radius 2 is 2.10 bits per heavy atom. The Balaban J connectivity index is 1.62. The highest BCUT2D eigenvalue weighted by atomic mass is 16.5. The zero-order valence-corrected chi connectivity index (χ0v) is 17.1. The zero-order chi connectivity index (χ0) is 20.7. The van der Waals surface area contributed by atoms with Gasteiger partial charge >= 0.3 is 0 Å². The zero-order valence-electron chi connectivity index (χ0n) is 17.1. The van der Waals surface area contributed by atoms with Gasteiger partial charge in [-0.1, -0.05) is 18.7 Å². The highest BCUT2D eigenvalue weighted by Crippen LogP contribution is 2.41. The number of aliphatic hydroxyl groups is 2. The van der Waals surface area contributed by atoms with Crippen molar-refractivity contribution >= 4 is 17.6 Å². The molecular weight excluding hydrogens is 366 g/mol. The van der Waals surface area contributed by atoms with Crippen LogP contribution in [0.25, 0.3) is 5.57 Å². The number of ether oxygens (including phenoxy) is 1. The van der Waals surface area contributed by atoms with E-state index < -0.39 is 18.3 Å². The van der Waals surface area contributed by atoms with E-state index >= 15 is 0 Å². The second-order valence-corrected chi connectivity index (χ2v) is 8.13. The smallest absolute Gasteiger partial charge is 0.140 e. The fourth-order valence-electron chi connectivity index (χ4n) is 4.67. The molecule has 1 aromatic heterocycles.